The average Bonchev–Trinajstić information content (AvgIpc) is 2.53. The van der Waals surface area contributed by atoms with Gasteiger partial charge in [0.15, 0.2) is 0 Å². The number of unbranched alkanes of at least 4 members (excludes halogenated alkanes) is 5. The molecular weight excluding hydrogens is 254 g/mol. The zero-order chi connectivity index (χ0) is 15.3. The van der Waals surface area contributed by atoms with Gasteiger partial charge in [0.2, 0.25) is 0 Å². The summed E-state index contributed by atoms with van der Waals surface area (Å²) in [7, 11) is 0. The van der Waals surface area contributed by atoms with Gasteiger partial charge in [-0.2, -0.15) is 0 Å². The maximum Gasteiger partial charge on any atom is 0.00954 e. The number of hydrogen-bond donors (Lipinski definition) is 1. The highest BCUT2D eigenvalue weighted by molar-refractivity contribution is 4.82. The highest BCUT2D eigenvalue weighted by atomic mass is 14.9. The Balaban J connectivity index is 2.29. The van der Waals surface area contributed by atoms with Crippen LogP contribution >= 0.6 is 0 Å². The molecule has 0 aliphatic heterocycles. The fourth-order valence-corrected chi connectivity index (χ4v) is 4.05. The second-order valence-electron chi connectivity index (χ2n) is 7.32. The topological polar surface area (TPSA) is 12.0 Å². The summed E-state index contributed by atoms with van der Waals surface area (Å²) in [4.78, 5) is 0. The van der Waals surface area contributed by atoms with Gasteiger partial charge in [-0.25, -0.2) is 0 Å². The monoisotopic (exact) mass is 295 g/mol. The third kappa shape index (κ3) is 8.24. The van der Waals surface area contributed by atoms with Crippen molar-refractivity contribution < 1.29 is 0 Å². The van der Waals surface area contributed by atoms with Crippen molar-refractivity contribution >= 4 is 0 Å². The van der Waals surface area contributed by atoms with Crippen LogP contribution in [0.4, 0.5) is 0 Å². The Morgan fingerprint density at radius 1 is 0.905 bits per heavy atom. The van der Waals surface area contributed by atoms with Gasteiger partial charge in [-0.15, -0.1) is 0 Å². The lowest BCUT2D eigenvalue weighted by atomic mass is 9.75. The molecule has 0 heterocycles. The van der Waals surface area contributed by atoms with Crippen LogP contribution in [0.2, 0.25) is 0 Å². The summed E-state index contributed by atoms with van der Waals surface area (Å²) in [6.45, 7) is 8.20. The molecule has 1 nitrogen and oxygen atoms in total. The molecule has 3 atom stereocenters. The molecule has 0 aromatic carbocycles. The summed E-state index contributed by atoms with van der Waals surface area (Å²) in [6.07, 6.45) is 18.6. The van der Waals surface area contributed by atoms with E-state index in [-0.39, 0.29) is 0 Å². The van der Waals surface area contributed by atoms with Crippen molar-refractivity contribution in [2.75, 3.05) is 6.54 Å². The molecule has 1 heteroatoms. The molecule has 0 bridgehead atoms. The molecule has 1 fully saturated rings. The van der Waals surface area contributed by atoms with Crippen LogP contribution in [0.1, 0.15) is 104 Å². The van der Waals surface area contributed by atoms with Crippen LogP contribution in [0.5, 0.6) is 0 Å². The second-order valence-corrected chi connectivity index (χ2v) is 7.32. The SMILES string of the molecule is CCCCCCCCC(NCCC)C1CCCC(CC)C1. The smallest absolute Gasteiger partial charge is 0.00954 e. The quantitative estimate of drug-likeness (QED) is 0.415. The van der Waals surface area contributed by atoms with E-state index < -0.39 is 0 Å². The van der Waals surface area contributed by atoms with E-state index in [1.807, 2.05) is 0 Å². The molecule has 0 spiro atoms. The van der Waals surface area contributed by atoms with E-state index in [0.717, 1.165) is 17.9 Å². The van der Waals surface area contributed by atoms with Crippen molar-refractivity contribution in [3.8, 4) is 0 Å². The maximum atomic E-state index is 3.89. The fraction of sp³-hybridized carbons (Fsp3) is 1.00. The maximum absolute atomic E-state index is 3.89. The van der Waals surface area contributed by atoms with Crippen molar-refractivity contribution in [3.63, 3.8) is 0 Å². The molecule has 1 rings (SSSR count). The third-order valence-electron chi connectivity index (χ3n) is 5.49. The number of rotatable bonds is 12. The van der Waals surface area contributed by atoms with E-state index >= 15 is 0 Å². The third-order valence-corrected chi connectivity index (χ3v) is 5.49. The van der Waals surface area contributed by atoms with Crippen LogP contribution in [0.25, 0.3) is 0 Å². The molecule has 21 heavy (non-hydrogen) atoms. The van der Waals surface area contributed by atoms with Gasteiger partial charge in [0.05, 0.1) is 0 Å². The van der Waals surface area contributed by atoms with Crippen molar-refractivity contribution in [1.29, 1.82) is 0 Å². The van der Waals surface area contributed by atoms with Gasteiger partial charge in [0.1, 0.15) is 0 Å². The van der Waals surface area contributed by atoms with E-state index in [9.17, 15) is 0 Å². The predicted octanol–water partition coefficient (Wildman–Crippen LogP) is 6.32. The van der Waals surface area contributed by atoms with Crippen LogP contribution in [-0.4, -0.2) is 12.6 Å². The largest absolute Gasteiger partial charge is 0.314 e. The molecule has 0 aromatic rings. The Bertz CT molecular complexity index is 226. The molecule has 0 aromatic heterocycles. The molecule has 0 saturated heterocycles. The standard InChI is InChI=1S/C20H41N/c1-4-7-8-9-10-11-15-20(21-16-5-2)19-14-12-13-18(6-3)17-19/h18-21H,4-17H2,1-3H3. The van der Waals surface area contributed by atoms with Gasteiger partial charge in [-0.05, 0) is 44.1 Å². The molecule has 0 amide bonds. The minimum atomic E-state index is 0.811. The molecule has 3 unspecified atom stereocenters. The Hall–Kier alpha value is -0.0400. The minimum absolute atomic E-state index is 0.811. The summed E-state index contributed by atoms with van der Waals surface area (Å²) >= 11 is 0. The second kappa shape index (κ2) is 12.5. The first-order valence-corrected chi connectivity index (χ1v) is 10.0. The van der Waals surface area contributed by atoms with Crippen LogP contribution in [0.3, 0.4) is 0 Å². The predicted molar refractivity (Wildman–Crippen MR) is 95.8 cm³/mol. The zero-order valence-electron chi connectivity index (χ0n) is 15.1. The average molecular weight is 296 g/mol. The van der Waals surface area contributed by atoms with Crippen molar-refractivity contribution in [2.45, 2.75) is 110 Å². The van der Waals surface area contributed by atoms with Gasteiger partial charge in [0, 0.05) is 6.04 Å². The van der Waals surface area contributed by atoms with Crippen molar-refractivity contribution in [2.24, 2.45) is 11.8 Å². The summed E-state index contributed by atoms with van der Waals surface area (Å²) in [6, 6.07) is 0.811. The Morgan fingerprint density at radius 2 is 1.67 bits per heavy atom. The normalized spacial score (nSPS) is 24.1. The number of hydrogen-bond acceptors (Lipinski definition) is 1. The molecule has 1 N–H and O–H groups in total. The van der Waals surface area contributed by atoms with Gasteiger partial charge in [-0.1, -0.05) is 78.6 Å². The van der Waals surface area contributed by atoms with E-state index in [4.69, 9.17) is 0 Å². The Kier molecular flexibility index (Phi) is 11.3. The molecule has 0 radical (unpaired) electrons. The summed E-state index contributed by atoms with van der Waals surface area (Å²) < 4.78 is 0. The highest BCUT2D eigenvalue weighted by Crippen LogP contribution is 2.34. The molecule has 1 aliphatic rings. The number of nitrogens with one attached hydrogen (secondary N) is 1. The van der Waals surface area contributed by atoms with Gasteiger partial charge >= 0.3 is 0 Å². The first kappa shape index (κ1) is 19.0. The van der Waals surface area contributed by atoms with Crippen LogP contribution < -0.4 is 5.32 Å². The van der Waals surface area contributed by atoms with Crippen molar-refractivity contribution in [3.05, 3.63) is 0 Å². The van der Waals surface area contributed by atoms with Crippen molar-refractivity contribution in [1.82, 2.24) is 5.32 Å². The zero-order valence-corrected chi connectivity index (χ0v) is 15.1. The van der Waals surface area contributed by atoms with Gasteiger partial charge in [0.25, 0.3) is 0 Å². The first-order chi connectivity index (χ1) is 10.3. The van der Waals surface area contributed by atoms with Crippen LogP contribution in [0, 0.1) is 11.8 Å². The highest BCUT2D eigenvalue weighted by Gasteiger charge is 2.26. The van der Waals surface area contributed by atoms with E-state index in [2.05, 4.69) is 26.1 Å². The summed E-state index contributed by atoms with van der Waals surface area (Å²) in [5.74, 6) is 1.98. The first-order valence-electron chi connectivity index (χ1n) is 10.0. The lowest BCUT2D eigenvalue weighted by Crippen LogP contribution is -2.39. The van der Waals surface area contributed by atoms with E-state index in [1.54, 1.807) is 0 Å². The lowest BCUT2D eigenvalue weighted by Gasteiger charge is -2.35. The lowest BCUT2D eigenvalue weighted by molar-refractivity contribution is 0.199. The summed E-state index contributed by atoms with van der Waals surface area (Å²) in [5.41, 5.74) is 0. The van der Waals surface area contributed by atoms with Crippen LogP contribution in [-0.2, 0) is 0 Å². The Morgan fingerprint density at radius 3 is 2.38 bits per heavy atom. The summed E-state index contributed by atoms with van der Waals surface area (Å²) in [5, 5.41) is 3.89. The van der Waals surface area contributed by atoms with Gasteiger partial charge < -0.3 is 5.32 Å². The van der Waals surface area contributed by atoms with E-state index in [0.29, 0.717) is 0 Å². The molecular formula is C20H41N. The van der Waals surface area contributed by atoms with Gasteiger partial charge in [-0.3, -0.25) is 0 Å². The minimum Gasteiger partial charge on any atom is -0.314 e. The van der Waals surface area contributed by atoms with E-state index in [1.165, 1.54) is 90.0 Å². The molecule has 1 aliphatic carbocycles. The fourth-order valence-electron chi connectivity index (χ4n) is 4.05. The van der Waals surface area contributed by atoms with Crippen LogP contribution in [0.15, 0.2) is 0 Å². The Labute approximate surface area is 134 Å². The molecule has 1 saturated carbocycles. The molecule has 126 valence electrons.